The molecular formula is C14H7ClFNO3. The second-order valence-electron chi connectivity index (χ2n) is 3.80. The summed E-state index contributed by atoms with van der Waals surface area (Å²) in [5.41, 5.74) is -0.137. The largest absolute Gasteiger partial charge is 0.478 e. The Hall–Kier alpha value is -2.58. The lowest BCUT2D eigenvalue weighted by Gasteiger charge is -2.07. The molecule has 0 radical (unpaired) electrons. The highest BCUT2D eigenvalue weighted by Crippen LogP contribution is 2.27. The SMILES string of the molecule is N#Cc1ccc(Oc2ccc(C(=O)O)c(F)c2)cc1Cl. The number of hydrogen-bond acceptors (Lipinski definition) is 3. The molecule has 1 N–H and O–H groups in total. The molecule has 2 aromatic carbocycles. The van der Waals surface area contributed by atoms with Crippen molar-refractivity contribution >= 4 is 17.6 Å². The summed E-state index contributed by atoms with van der Waals surface area (Å²) in [6.45, 7) is 0. The van der Waals surface area contributed by atoms with Gasteiger partial charge in [0.15, 0.2) is 0 Å². The molecule has 0 spiro atoms. The van der Waals surface area contributed by atoms with Crippen molar-refractivity contribution in [2.45, 2.75) is 0 Å². The van der Waals surface area contributed by atoms with Crippen molar-refractivity contribution in [3.63, 3.8) is 0 Å². The van der Waals surface area contributed by atoms with Gasteiger partial charge in [-0.2, -0.15) is 5.26 Å². The molecule has 0 aliphatic carbocycles. The van der Waals surface area contributed by atoms with Crippen LogP contribution in [0.1, 0.15) is 15.9 Å². The van der Waals surface area contributed by atoms with Gasteiger partial charge in [0.05, 0.1) is 16.1 Å². The fraction of sp³-hybridized carbons (Fsp3) is 0. The number of rotatable bonds is 3. The van der Waals surface area contributed by atoms with Crippen LogP contribution in [0, 0.1) is 17.1 Å². The monoisotopic (exact) mass is 291 g/mol. The molecule has 0 saturated heterocycles. The lowest BCUT2D eigenvalue weighted by Crippen LogP contribution is -2.00. The second kappa shape index (κ2) is 5.59. The van der Waals surface area contributed by atoms with E-state index in [4.69, 9.17) is 26.7 Å². The molecule has 20 heavy (non-hydrogen) atoms. The first-order valence-corrected chi connectivity index (χ1v) is 5.79. The zero-order valence-corrected chi connectivity index (χ0v) is 10.7. The van der Waals surface area contributed by atoms with Crippen LogP contribution in [0.25, 0.3) is 0 Å². The Kier molecular flexibility index (Phi) is 3.87. The van der Waals surface area contributed by atoms with E-state index < -0.39 is 17.3 Å². The van der Waals surface area contributed by atoms with E-state index in [9.17, 15) is 9.18 Å². The van der Waals surface area contributed by atoms with Gasteiger partial charge in [-0.3, -0.25) is 0 Å². The molecule has 0 saturated carbocycles. The van der Waals surface area contributed by atoms with E-state index in [1.807, 2.05) is 6.07 Å². The van der Waals surface area contributed by atoms with Crippen LogP contribution in [0.2, 0.25) is 5.02 Å². The van der Waals surface area contributed by atoms with Crippen LogP contribution in [0.5, 0.6) is 11.5 Å². The van der Waals surface area contributed by atoms with Crippen LogP contribution >= 0.6 is 11.6 Å². The number of halogens is 2. The topological polar surface area (TPSA) is 70.3 Å². The first-order chi connectivity index (χ1) is 9.51. The Morgan fingerprint density at radius 1 is 1.25 bits per heavy atom. The summed E-state index contributed by atoms with van der Waals surface area (Å²) in [5, 5.41) is 17.7. The quantitative estimate of drug-likeness (QED) is 0.932. The summed E-state index contributed by atoms with van der Waals surface area (Å²) in [7, 11) is 0. The van der Waals surface area contributed by atoms with E-state index in [0.29, 0.717) is 11.3 Å². The number of carbonyl (C=O) groups is 1. The van der Waals surface area contributed by atoms with Crippen molar-refractivity contribution in [1.29, 1.82) is 5.26 Å². The number of carboxylic acids is 1. The molecule has 2 aromatic rings. The molecule has 100 valence electrons. The minimum Gasteiger partial charge on any atom is -0.478 e. The molecule has 0 bridgehead atoms. The summed E-state index contributed by atoms with van der Waals surface area (Å²) >= 11 is 5.84. The van der Waals surface area contributed by atoms with Crippen molar-refractivity contribution in [3.05, 3.63) is 58.4 Å². The van der Waals surface area contributed by atoms with Gasteiger partial charge in [-0.05, 0) is 24.3 Å². The van der Waals surface area contributed by atoms with Crippen LogP contribution in [0.15, 0.2) is 36.4 Å². The first kappa shape index (κ1) is 13.8. The van der Waals surface area contributed by atoms with Gasteiger partial charge in [0, 0.05) is 12.1 Å². The number of nitriles is 1. The lowest BCUT2D eigenvalue weighted by atomic mass is 10.2. The summed E-state index contributed by atoms with van der Waals surface area (Å²) < 4.78 is 18.8. The van der Waals surface area contributed by atoms with Crippen molar-refractivity contribution < 1.29 is 19.0 Å². The molecule has 0 heterocycles. The Bertz CT molecular complexity index is 725. The van der Waals surface area contributed by atoms with Crippen LogP contribution in [0.3, 0.4) is 0 Å². The third kappa shape index (κ3) is 2.87. The van der Waals surface area contributed by atoms with Crippen LogP contribution in [0.4, 0.5) is 4.39 Å². The highest BCUT2D eigenvalue weighted by Gasteiger charge is 2.11. The average Bonchev–Trinajstić information content (AvgIpc) is 2.38. The molecule has 0 unspecified atom stereocenters. The maximum Gasteiger partial charge on any atom is 0.338 e. The maximum atomic E-state index is 13.5. The van der Waals surface area contributed by atoms with Crippen LogP contribution < -0.4 is 4.74 Å². The zero-order chi connectivity index (χ0) is 14.7. The van der Waals surface area contributed by atoms with Crippen molar-refractivity contribution in [2.75, 3.05) is 0 Å². The van der Waals surface area contributed by atoms with E-state index in [2.05, 4.69) is 0 Å². The zero-order valence-electron chi connectivity index (χ0n) is 9.93. The fourth-order valence-electron chi connectivity index (χ4n) is 1.52. The van der Waals surface area contributed by atoms with E-state index in [-0.39, 0.29) is 10.8 Å². The molecule has 6 heteroatoms. The fourth-order valence-corrected chi connectivity index (χ4v) is 1.73. The minimum atomic E-state index is -1.35. The van der Waals surface area contributed by atoms with Gasteiger partial charge in [0.25, 0.3) is 0 Å². The third-order valence-corrected chi connectivity index (χ3v) is 2.78. The first-order valence-electron chi connectivity index (χ1n) is 5.41. The molecule has 0 aliphatic rings. The number of hydrogen-bond donors (Lipinski definition) is 1. The van der Waals surface area contributed by atoms with Gasteiger partial charge in [0.2, 0.25) is 0 Å². The Labute approximate surface area is 118 Å². The summed E-state index contributed by atoms with van der Waals surface area (Å²) in [6, 6.07) is 9.71. The van der Waals surface area contributed by atoms with Crippen LogP contribution in [-0.2, 0) is 0 Å². The smallest absolute Gasteiger partial charge is 0.338 e. The van der Waals surface area contributed by atoms with Gasteiger partial charge in [-0.1, -0.05) is 11.6 Å². The number of aromatic carboxylic acids is 1. The van der Waals surface area contributed by atoms with Gasteiger partial charge < -0.3 is 9.84 Å². The predicted molar refractivity (Wildman–Crippen MR) is 69.6 cm³/mol. The van der Waals surface area contributed by atoms with Crippen molar-refractivity contribution in [3.8, 4) is 17.6 Å². The standard InChI is InChI=1S/C14H7ClFNO3/c15-12-5-9(2-1-8(12)7-17)20-10-3-4-11(14(18)19)13(16)6-10/h1-6H,(H,18,19). The maximum absolute atomic E-state index is 13.5. The predicted octanol–water partition coefficient (Wildman–Crippen LogP) is 3.84. The molecule has 0 atom stereocenters. The van der Waals surface area contributed by atoms with E-state index in [1.54, 1.807) is 0 Å². The average molecular weight is 292 g/mol. The Morgan fingerprint density at radius 3 is 2.45 bits per heavy atom. The van der Waals surface area contributed by atoms with Gasteiger partial charge in [-0.15, -0.1) is 0 Å². The van der Waals surface area contributed by atoms with Crippen LogP contribution in [-0.4, -0.2) is 11.1 Å². The summed E-state index contributed by atoms with van der Waals surface area (Å²) in [4.78, 5) is 10.7. The highest BCUT2D eigenvalue weighted by molar-refractivity contribution is 6.31. The van der Waals surface area contributed by atoms with Gasteiger partial charge in [-0.25, -0.2) is 9.18 Å². The third-order valence-electron chi connectivity index (χ3n) is 2.47. The molecule has 0 amide bonds. The lowest BCUT2D eigenvalue weighted by molar-refractivity contribution is 0.0692. The number of carboxylic acid groups (broad SMARTS) is 1. The van der Waals surface area contributed by atoms with E-state index in [0.717, 1.165) is 12.1 Å². The summed E-state index contributed by atoms with van der Waals surface area (Å²) in [5.74, 6) is -1.80. The minimum absolute atomic E-state index is 0.133. The Morgan fingerprint density at radius 2 is 1.90 bits per heavy atom. The Balaban J connectivity index is 2.27. The number of ether oxygens (including phenoxy) is 1. The molecule has 4 nitrogen and oxygen atoms in total. The van der Waals surface area contributed by atoms with E-state index >= 15 is 0 Å². The molecule has 0 aromatic heterocycles. The van der Waals surface area contributed by atoms with Gasteiger partial charge >= 0.3 is 5.97 Å². The second-order valence-corrected chi connectivity index (χ2v) is 4.21. The summed E-state index contributed by atoms with van der Waals surface area (Å²) in [6.07, 6.45) is 0. The number of benzene rings is 2. The molecule has 0 fully saturated rings. The van der Waals surface area contributed by atoms with Gasteiger partial charge in [0.1, 0.15) is 23.4 Å². The highest BCUT2D eigenvalue weighted by atomic mass is 35.5. The number of nitrogens with zero attached hydrogens (tertiary/aromatic N) is 1. The van der Waals surface area contributed by atoms with Crippen molar-refractivity contribution in [2.24, 2.45) is 0 Å². The molecule has 2 rings (SSSR count). The normalized spacial score (nSPS) is 9.85. The van der Waals surface area contributed by atoms with Crippen molar-refractivity contribution in [1.82, 2.24) is 0 Å². The van der Waals surface area contributed by atoms with E-state index in [1.165, 1.54) is 24.3 Å². The molecule has 0 aliphatic heterocycles. The molecular weight excluding hydrogens is 285 g/mol.